The van der Waals surface area contributed by atoms with E-state index in [4.69, 9.17) is 0 Å². The van der Waals surface area contributed by atoms with E-state index in [0.717, 1.165) is 17.4 Å². The maximum Gasteiger partial charge on any atom is 0.432 e. The zero-order valence-electron chi connectivity index (χ0n) is 14.7. The average molecular weight is 434 g/mol. The van der Waals surface area contributed by atoms with Crippen molar-refractivity contribution in [2.75, 3.05) is 13.1 Å². The Balaban J connectivity index is 1.61. The first-order valence-corrected chi connectivity index (χ1v) is 10.8. The van der Waals surface area contributed by atoms with Gasteiger partial charge in [0.1, 0.15) is 11.4 Å². The number of piperidine rings is 1. The monoisotopic (exact) mass is 434 g/mol. The minimum absolute atomic E-state index is 0.0450. The van der Waals surface area contributed by atoms with Crippen LogP contribution < -0.4 is 5.32 Å². The Morgan fingerprint density at radius 1 is 1.32 bits per heavy atom. The number of nitrogens with zero attached hydrogens (tertiary/aromatic N) is 2. The molecule has 1 amide bonds. The number of aryl methyl sites for hydroxylation is 1. The van der Waals surface area contributed by atoms with E-state index in [2.05, 4.69) is 10.4 Å². The first-order valence-electron chi connectivity index (χ1n) is 8.58. The van der Waals surface area contributed by atoms with Gasteiger partial charge in [0.2, 0.25) is 15.9 Å². The van der Waals surface area contributed by atoms with Gasteiger partial charge in [0.15, 0.2) is 0 Å². The predicted octanol–water partition coefficient (Wildman–Crippen LogP) is 2.36. The Labute approximate surface area is 163 Å². The molecule has 0 unspecified atom stereocenters. The molecule has 2 aromatic rings. The van der Waals surface area contributed by atoms with Crippen LogP contribution in [-0.2, 0) is 21.0 Å². The summed E-state index contributed by atoms with van der Waals surface area (Å²) in [6.45, 7) is 2.12. The van der Waals surface area contributed by atoms with E-state index >= 15 is 0 Å². The summed E-state index contributed by atoms with van der Waals surface area (Å²) in [4.78, 5) is 12.4. The van der Waals surface area contributed by atoms with Crippen LogP contribution in [0.3, 0.4) is 0 Å². The fourth-order valence-corrected chi connectivity index (χ4v) is 6.68. The summed E-state index contributed by atoms with van der Waals surface area (Å²) in [6.07, 6.45) is -3.55. The van der Waals surface area contributed by atoms with E-state index in [1.807, 2.05) is 5.10 Å². The van der Waals surface area contributed by atoms with Crippen molar-refractivity contribution in [2.45, 2.75) is 36.9 Å². The van der Waals surface area contributed by atoms with Crippen molar-refractivity contribution >= 4 is 27.3 Å². The highest BCUT2D eigenvalue weighted by atomic mass is 32.2. The zero-order chi connectivity index (χ0) is 20.3. The van der Waals surface area contributed by atoms with E-state index in [1.54, 1.807) is 6.92 Å². The number of alkyl halides is 3. The normalized spacial score (nSPS) is 23.6. The van der Waals surface area contributed by atoms with Gasteiger partial charge >= 0.3 is 6.18 Å². The number of thiophene rings is 1. The van der Waals surface area contributed by atoms with Crippen LogP contribution in [0.5, 0.6) is 0 Å². The summed E-state index contributed by atoms with van der Waals surface area (Å²) < 4.78 is 65.8. The molecule has 28 heavy (non-hydrogen) atoms. The molecule has 4 rings (SSSR count). The third-order valence-electron chi connectivity index (χ3n) is 5.14. The molecular weight excluding hydrogens is 417 g/mol. The molecule has 2 aliphatic heterocycles. The van der Waals surface area contributed by atoms with Crippen molar-refractivity contribution in [3.8, 4) is 10.6 Å². The van der Waals surface area contributed by atoms with Crippen molar-refractivity contribution in [3.05, 3.63) is 22.7 Å². The molecule has 152 valence electrons. The molecule has 2 N–H and O–H groups in total. The predicted molar refractivity (Wildman–Crippen MR) is 95.1 cm³/mol. The average Bonchev–Trinajstić information content (AvgIpc) is 3.29. The molecule has 4 heterocycles. The molecule has 7 nitrogen and oxygen atoms in total. The van der Waals surface area contributed by atoms with Crippen LogP contribution in [-0.4, -0.2) is 48.0 Å². The minimum Gasteiger partial charge on any atom is -0.352 e. The number of fused-ring (bicyclic) bond motifs is 1. The fourth-order valence-electron chi connectivity index (χ4n) is 3.68. The van der Waals surface area contributed by atoms with Gasteiger partial charge in [0.05, 0.1) is 9.77 Å². The van der Waals surface area contributed by atoms with Crippen molar-refractivity contribution in [2.24, 2.45) is 5.92 Å². The van der Waals surface area contributed by atoms with E-state index in [9.17, 15) is 26.4 Å². The van der Waals surface area contributed by atoms with E-state index in [-0.39, 0.29) is 35.0 Å². The molecule has 2 aromatic heterocycles. The van der Waals surface area contributed by atoms with Crippen molar-refractivity contribution in [1.82, 2.24) is 19.8 Å². The van der Waals surface area contributed by atoms with Crippen LogP contribution in [0.2, 0.25) is 0 Å². The maximum absolute atomic E-state index is 13.1. The molecule has 2 atom stereocenters. The number of aromatic amines is 1. The number of hydrogen-bond donors (Lipinski definition) is 2. The molecule has 0 saturated carbocycles. The number of H-pyrrole nitrogens is 1. The Hall–Kier alpha value is -1.92. The van der Waals surface area contributed by atoms with Gasteiger partial charge in [-0.25, -0.2) is 8.42 Å². The second kappa shape index (κ2) is 6.56. The third-order valence-corrected chi connectivity index (χ3v) is 8.33. The minimum atomic E-state index is -4.55. The number of sulfonamides is 1. The smallest absolute Gasteiger partial charge is 0.352 e. The lowest BCUT2D eigenvalue weighted by Crippen LogP contribution is -2.49. The lowest BCUT2D eigenvalue weighted by molar-refractivity contribution is -0.141. The third kappa shape index (κ3) is 3.33. The van der Waals surface area contributed by atoms with Crippen LogP contribution in [0.25, 0.3) is 10.6 Å². The highest BCUT2D eigenvalue weighted by molar-refractivity contribution is 7.89. The molecule has 0 aliphatic carbocycles. The fraction of sp³-hybridized carbons (Fsp3) is 0.500. The van der Waals surface area contributed by atoms with Gasteiger partial charge in [-0.2, -0.15) is 22.6 Å². The number of rotatable bonds is 3. The summed E-state index contributed by atoms with van der Waals surface area (Å²) in [5, 5.41) is 8.41. The second-order valence-electron chi connectivity index (χ2n) is 6.99. The van der Waals surface area contributed by atoms with Gasteiger partial charge in [0, 0.05) is 30.4 Å². The Bertz CT molecular complexity index is 1030. The molecule has 0 bridgehead atoms. The lowest BCUT2D eigenvalue weighted by atomic mass is 9.94. The van der Waals surface area contributed by atoms with Gasteiger partial charge in [-0.15, -0.1) is 11.3 Å². The number of carbonyl (C=O) groups excluding carboxylic acids is 1. The standard InChI is InChI=1S/C16H17F3N4O3S2/c1-8-13(6-12(27-8)10-5-14(22-21-10)16(17,18)19)28(25,26)23-3-2-9-4-15(24)20-11(9)7-23/h5-6,9,11H,2-4,7H2,1H3,(H,20,24)(H,21,22)/t9-,11-/m1/s1. The number of nitrogens with one attached hydrogen (secondary N) is 2. The van der Waals surface area contributed by atoms with Gasteiger partial charge in [-0.05, 0) is 31.4 Å². The van der Waals surface area contributed by atoms with Crippen LogP contribution >= 0.6 is 11.3 Å². The molecule has 12 heteroatoms. The molecule has 2 fully saturated rings. The number of carbonyl (C=O) groups is 1. The van der Waals surface area contributed by atoms with Gasteiger partial charge in [0.25, 0.3) is 0 Å². The second-order valence-corrected chi connectivity index (χ2v) is 10.1. The summed E-state index contributed by atoms with van der Waals surface area (Å²) in [6, 6.07) is 2.03. The largest absolute Gasteiger partial charge is 0.432 e. The van der Waals surface area contributed by atoms with Crippen molar-refractivity contribution in [3.63, 3.8) is 0 Å². The zero-order valence-corrected chi connectivity index (χ0v) is 16.3. The summed E-state index contributed by atoms with van der Waals surface area (Å²) in [5.41, 5.74) is -0.944. The van der Waals surface area contributed by atoms with Crippen LogP contribution in [0.1, 0.15) is 23.4 Å². The van der Waals surface area contributed by atoms with Crippen molar-refractivity contribution < 1.29 is 26.4 Å². The molecule has 0 radical (unpaired) electrons. The maximum atomic E-state index is 13.1. The number of aromatic nitrogens is 2. The summed E-state index contributed by atoms with van der Waals surface area (Å²) >= 11 is 1.08. The first-order chi connectivity index (χ1) is 13.1. The van der Waals surface area contributed by atoms with Crippen LogP contribution in [0.15, 0.2) is 17.0 Å². The number of amides is 1. The van der Waals surface area contributed by atoms with E-state index in [0.29, 0.717) is 29.1 Å². The molecule has 0 aromatic carbocycles. The topological polar surface area (TPSA) is 95.2 Å². The molecule has 2 aliphatic rings. The first kappa shape index (κ1) is 19.4. The number of hydrogen-bond acceptors (Lipinski definition) is 5. The van der Waals surface area contributed by atoms with Crippen molar-refractivity contribution in [1.29, 1.82) is 0 Å². The Morgan fingerprint density at radius 2 is 2.07 bits per heavy atom. The van der Waals surface area contributed by atoms with E-state index < -0.39 is 21.9 Å². The van der Waals surface area contributed by atoms with Gasteiger partial charge in [-0.3, -0.25) is 9.89 Å². The summed E-state index contributed by atoms with van der Waals surface area (Å²) in [5.74, 6) is 0.0742. The summed E-state index contributed by atoms with van der Waals surface area (Å²) in [7, 11) is -3.83. The highest BCUT2D eigenvalue weighted by Crippen LogP contribution is 2.37. The van der Waals surface area contributed by atoms with Gasteiger partial charge in [-0.1, -0.05) is 0 Å². The molecule has 2 saturated heterocycles. The van der Waals surface area contributed by atoms with Crippen LogP contribution in [0, 0.1) is 12.8 Å². The van der Waals surface area contributed by atoms with Gasteiger partial charge < -0.3 is 5.32 Å². The quantitative estimate of drug-likeness (QED) is 0.775. The van der Waals surface area contributed by atoms with Crippen LogP contribution in [0.4, 0.5) is 13.2 Å². The SMILES string of the molecule is Cc1sc(-c2cc(C(F)(F)F)[nH]n2)cc1S(=O)(=O)N1CC[C@@H]2CC(=O)N[C@@H]2C1. The molecule has 0 spiro atoms. The Kier molecular flexibility index (Phi) is 4.55. The Morgan fingerprint density at radius 3 is 2.75 bits per heavy atom. The lowest BCUT2D eigenvalue weighted by Gasteiger charge is -2.33. The number of halogens is 3. The molecular formula is C16H17F3N4O3S2. The van der Waals surface area contributed by atoms with E-state index in [1.165, 1.54) is 10.4 Å². The highest BCUT2D eigenvalue weighted by Gasteiger charge is 2.41.